The Morgan fingerprint density at radius 1 is 1.40 bits per heavy atom. The number of nitrogens with one attached hydrogen (secondary N) is 1. The lowest BCUT2D eigenvalue weighted by Gasteiger charge is -2.36. The van der Waals surface area contributed by atoms with E-state index >= 15 is 0 Å². The number of halogens is 3. The minimum absolute atomic E-state index is 0.123. The van der Waals surface area contributed by atoms with Crippen molar-refractivity contribution in [1.82, 2.24) is 20.4 Å². The van der Waals surface area contributed by atoms with Crippen molar-refractivity contribution in [1.29, 1.82) is 0 Å². The van der Waals surface area contributed by atoms with Crippen molar-refractivity contribution >= 4 is 11.9 Å². The van der Waals surface area contributed by atoms with Gasteiger partial charge in [-0.3, -0.25) is 10.2 Å². The Labute approximate surface area is 142 Å². The molecule has 0 atom stereocenters. The number of carboxylic acid groups (broad SMARTS) is 1. The van der Waals surface area contributed by atoms with E-state index in [1.54, 1.807) is 0 Å². The van der Waals surface area contributed by atoms with Crippen molar-refractivity contribution < 1.29 is 32.3 Å². The number of aliphatic carboxylic acids is 1. The molecule has 142 valence electrons. The average Bonchev–Trinajstić information content (AvgIpc) is 2.95. The van der Waals surface area contributed by atoms with Crippen LogP contribution in [0.5, 0.6) is 0 Å². The Hall–Kier alpha value is -2.21. The van der Waals surface area contributed by atoms with Crippen LogP contribution < -0.4 is 16.4 Å². The van der Waals surface area contributed by atoms with E-state index in [9.17, 15) is 18.0 Å². The molecule has 0 bridgehead atoms. The van der Waals surface area contributed by atoms with Crippen LogP contribution in [0.1, 0.15) is 24.5 Å². The molecule has 1 saturated heterocycles. The molecule has 2 rings (SSSR count). The molecule has 2 heterocycles. The molecule has 0 unspecified atom stereocenters. The van der Waals surface area contributed by atoms with Gasteiger partial charge < -0.3 is 14.4 Å². The number of nitrogens with two attached hydrogens (primary N) is 1. The number of hydrogen-bond acceptors (Lipinski definition) is 6. The highest BCUT2D eigenvalue weighted by Gasteiger charge is 2.29. The maximum Gasteiger partial charge on any atom is 0.430 e. The molecule has 12 heteroatoms. The van der Waals surface area contributed by atoms with Gasteiger partial charge in [0, 0.05) is 25.0 Å². The minimum atomic E-state index is -5.19. The fourth-order valence-corrected chi connectivity index (χ4v) is 2.33. The summed E-state index contributed by atoms with van der Waals surface area (Å²) in [6.07, 6.45) is -1.10. The SMILES string of the molecule is C[N+]1(C)CCC(c2cn(CC(=O)NN)nn2)CC1.O=C([O-])C(F)(F)F. The molecule has 1 aliphatic rings. The van der Waals surface area contributed by atoms with Gasteiger partial charge in [-0.25, -0.2) is 10.5 Å². The summed E-state index contributed by atoms with van der Waals surface area (Å²) in [7, 11) is 4.50. The topological polar surface area (TPSA) is 126 Å². The zero-order valence-electron chi connectivity index (χ0n) is 13.9. The second-order valence-electron chi connectivity index (χ2n) is 6.35. The van der Waals surface area contributed by atoms with Crippen molar-refractivity contribution in [3.63, 3.8) is 0 Å². The van der Waals surface area contributed by atoms with Gasteiger partial charge in [-0.1, -0.05) is 5.21 Å². The van der Waals surface area contributed by atoms with Crippen molar-refractivity contribution in [3.05, 3.63) is 11.9 Å². The summed E-state index contributed by atoms with van der Waals surface area (Å²) >= 11 is 0. The Bertz CT molecular complexity index is 592. The molecule has 0 aromatic carbocycles. The van der Waals surface area contributed by atoms with E-state index in [1.807, 2.05) is 6.20 Å². The first-order valence-electron chi connectivity index (χ1n) is 7.44. The minimum Gasteiger partial charge on any atom is -0.542 e. The van der Waals surface area contributed by atoms with Gasteiger partial charge in [0.15, 0.2) is 0 Å². The third-order valence-electron chi connectivity index (χ3n) is 3.84. The van der Waals surface area contributed by atoms with E-state index in [2.05, 4.69) is 29.8 Å². The molecule has 1 aromatic rings. The van der Waals surface area contributed by atoms with Gasteiger partial charge in [0.25, 0.3) is 5.91 Å². The largest absolute Gasteiger partial charge is 0.542 e. The predicted octanol–water partition coefficient (Wildman–Crippen LogP) is -1.48. The Kier molecular flexibility index (Phi) is 6.87. The monoisotopic (exact) mass is 366 g/mol. The summed E-state index contributed by atoms with van der Waals surface area (Å²) in [6.45, 7) is 2.43. The first kappa shape index (κ1) is 20.8. The van der Waals surface area contributed by atoms with E-state index in [1.165, 1.54) is 4.68 Å². The fraction of sp³-hybridized carbons (Fsp3) is 0.692. The van der Waals surface area contributed by atoms with Crippen LogP contribution in [0.2, 0.25) is 0 Å². The van der Waals surface area contributed by atoms with Gasteiger partial charge in [-0.15, -0.1) is 5.10 Å². The molecule has 1 amide bonds. The van der Waals surface area contributed by atoms with Gasteiger partial charge >= 0.3 is 6.18 Å². The van der Waals surface area contributed by atoms with Crippen LogP contribution in [0.25, 0.3) is 0 Å². The highest BCUT2D eigenvalue weighted by molar-refractivity contribution is 5.74. The standard InChI is InChI=1S/C11H20N6O.C2HF3O2/c1-17(2)5-3-9(4-6-17)10-7-16(15-14-10)8-11(18)13-12;3-2(4,5)1(6)7/h7,9H,3-6,8H2,1-2H3,(H2-,12,13,14,15,18);(H,6,7). The van der Waals surface area contributed by atoms with Gasteiger partial charge in [0.05, 0.1) is 32.9 Å². The summed E-state index contributed by atoms with van der Waals surface area (Å²) in [5, 5.41) is 16.9. The quantitative estimate of drug-likeness (QED) is 0.291. The molecular weight excluding hydrogens is 345 g/mol. The number of nitrogens with zero attached hydrogens (tertiary/aromatic N) is 4. The van der Waals surface area contributed by atoms with E-state index in [-0.39, 0.29) is 12.5 Å². The van der Waals surface area contributed by atoms with Gasteiger partial charge in [-0.2, -0.15) is 13.2 Å². The number of likely N-dealkylation sites (tertiary alicyclic amines) is 1. The maximum atomic E-state index is 11.1. The van der Waals surface area contributed by atoms with Crippen molar-refractivity contribution in [2.75, 3.05) is 27.2 Å². The first-order chi connectivity index (χ1) is 11.4. The summed E-state index contributed by atoms with van der Waals surface area (Å²) in [6, 6.07) is 0. The Morgan fingerprint density at radius 3 is 2.36 bits per heavy atom. The second kappa shape index (κ2) is 8.25. The number of quaternary nitrogens is 1. The van der Waals surface area contributed by atoms with Crippen molar-refractivity contribution in [2.24, 2.45) is 5.84 Å². The van der Waals surface area contributed by atoms with Crippen LogP contribution in [0, 0.1) is 0 Å². The lowest BCUT2D eigenvalue weighted by Crippen LogP contribution is -2.45. The highest BCUT2D eigenvalue weighted by Crippen LogP contribution is 2.28. The molecule has 0 aliphatic carbocycles. The van der Waals surface area contributed by atoms with E-state index in [4.69, 9.17) is 15.7 Å². The molecule has 3 N–H and O–H groups in total. The van der Waals surface area contributed by atoms with Crippen molar-refractivity contribution in [2.45, 2.75) is 31.5 Å². The van der Waals surface area contributed by atoms with Crippen LogP contribution in [0.4, 0.5) is 13.2 Å². The molecule has 0 radical (unpaired) electrons. The number of piperidine rings is 1. The number of carbonyl (C=O) groups excluding carboxylic acids is 2. The Morgan fingerprint density at radius 2 is 1.92 bits per heavy atom. The van der Waals surface area contributed by atoms with Crippen LogP contribution in [0.3, 0.4) is 0 Å². The maximum absolute atomic E-state index is 11.1. The predicted molar refractivity (Wildman–Crippen MR) is 77.2 cm³/mol. The molecule has 0 saturated carbocycles. The summed E-state index contributed by atoms with van der Waals surface area (Å²) in [5.74, 6) is 2.22. The lowest BCUT2D eigenvalue weighted by atomic mass is 9.93. The molecule has 25 heavy (non-hydrogen) atoms. The van der Waals surface area contributed by atoms with E-state index < -0.39 is 12.1 Å². The van der Waals surface area contributed by atoms with Crippen molar-refractivity contribution in [3.8, 4) is 0 Å². The number of alkyl halides is 3. The van der Waals surface area contributed by atoms with Gasteiger partial charge in [0.2, 0.25) is 0 Å². The normalized spacial score (nSPS) is 17.4. The van der Waals surface area contributed by atoms with Crippen LogP contribution in [-0.4, -0.2) is 64.7 Å². The highest BCUT2D eigenvalue weighted by atomic mass is 19.4. The van der Waals surface area contributed by atoms with Gasteiger partial charge in [-0.05, 0) is 0 Å². The molecule has 9 nitrogen and oxygen atoms in total. The zero-order valence-corrected chi connectivity index (χ0v) is 13.9. The molecule has 1 aromatic heterocycles. The van der Waals surface area contributed by atoms with E-state index in [0.717, 1.165) is 36.1 Å². The molecule has 1 fully saturated rings. The van der Waals surface area contributed by atoms with E-state index in [0.29, 0.717) is 5.92 Å². The third kappa shape index (κ3) is 7.05. The summed E-state index contributed by atoms with van der Waals surface area (Å²) in [4.78, 5) is 19.9. The van der Waals surface area contributed by atoms with Crippen LogP contribution in [-0.2, 0) is 16.1 Å². The number of amides is 1. The smallest absolute Gasteiger partial charge is 0.430 e. The van der Waals surface area contributed by atoms with Gasteiger partial charge in [0.1, 0.15) is 12.5 Å². The number of rotatable bonds is 3. The average molecular weight is 366 g/mol. The number of aromatic nitrogens is 3. The summed E-state index contributed by atoms with van der Waals surface area (Å²) < 4.78 is 34.2. The number of carbonyl (C=O) groups is 2. The second-order valence-corrected chi connectivity index (χ2v) is 6.35. The zero-order chi connectivity index (χ0) is 19.3. The van der Waals surface area contributed by atoms with Crippen LogP contribution in [0.15, 0.2) is 6.20 Å². The third-order valence-corrected chi connectivity index (χ3v) is 3.84. The number of hydrogen-bond donors (Lipinski definition) is 2. The fourth-order valence-electron chi connectivity index (χ4n) is 2.33. The first-order valence-corrected chi connectivity index (χ1v) is 7.44. The molecule has 0 spiro atoms. The molecular formula is C13H21F3N6O3. The lowest BCUT2D eigenvalue weighted by molar-refractivity contribution is -0.895. The number of hydrazine groups is 1. The van der Waals surface area contributed by atoms with Crippen LogP contribution >= 0.6 is 0 Å². The Balaban J connectivity index is 0.000000381. The number of carboxylic acids is 1. The molecule has 1 aliphatic heterocycles. The summed E-state index contributed by atoms with van der Waals surface area (Å²) in [5.41, 5.74) is 3.07.